The maximum atomic E-state index is 14.3. The van der Waals surface area contributed by atoms with Crippen LogP contribution < -0.4 is 10.1 Å². The summed E-state index contributed by atoms with van der Waals surface area (Å²) in [5, 5.41) is 3.25. The molecule has 0 aromatic heterocycles. The second kappa shape index (κ2) is 6.96. The van der Waals surface area contributed by atoms with E-state index in [-0.39, 0.29) is 5.91 Å². The highest BCUT2D eigenvalue weighted by molar-refractivity contribution is 5.99. The molecule has 0 fully saturated rings. The first-order valence-corrected chi connectivity index (χ1v) is 8.78. The lowest BCUT2D eigenvalue weighted by Crippen LogP contribution is -2.42. The summed E-state index contributed by atoms with van der Waals surface area (Å²) in [6, 6.07) is 10.8. The first-order chi connectivity index (χ1) is 13.5. The topological polar surface area (TPSA) is 41.6 Å². The molecule has 0 saturated heterocycles. The maximum Gasteiger partial charge on any atom is 0.254 e. The van der Waals surface area contributed by atoms with Crippen molar-refractivity contribution in [3.05, 3.63) is 88.8 Å². The third-order valence-electron chi connectivity index (χ3n) is 4.85. The fourth-order valence-electron chi connectivity index (χ4n) is 3.36. The van der Waals surface area contributed by atoms with Crippen LogP contribution in [0.3, 0.4) is 0 Å². The van der Waals surface area contributed by atoms with Crippen molar-refractivity contribution >= 4 is 17.2 Å². The van der Waals surface area contributed by atoms with E-state index in [1.165, 1.54) is 18.2 Å². The van der Waals surface area contributed by atoms with E-state index in [9.17, 15) is 13.6 Å². The van der Waals surface area contributed by atoms with Crippen molar-refractivity contribution in [3.8, 4) is 5.75 Å². The van der Waals surface area contributed by atoms with Crippen molar-refractivity contribution in [3.63, 3.8) is 0 Å². The van der Waals surface area contributed by atoms with Crippen LogP contribution in [0.1, 0.15) is 18.1 Å². The molecule has 0 unspecified atom stereocenters. The van der Waals surface area contributed by atoms with Crippen molar-refractivity contribution in [2.75, 3.05) is 13.7 Å². The number of allylic oxidation sites excluding steroid dienone is 2. The smallest absolute Gasteiger partial charge is 0.254 e. The largest absolute Gasteiger partial charge is 0.497 e. The molecule has 0 spiro atoms. The predicted molar refractivity (Wildman–Crippen MR) is 103 cm³/mol. The third kappa shape index (κ3) is 3.17. The fourth-order valence-corrected chi connectivity index (χ4v) is 3.36. The summed E-state index contributed by atoms with van der Waals surface area (Å²) in [4.78, 5) is 14.2. The first-order valence-electron chi connectivity index (χ1n) is 8.78. The normalized spacial score (nSPS) is 16.3. The number of carbonyl (C=O) groups excluding carboxylic acids is 1. The Labute approximate surface area is 161 Å². The summed E-state index contributed by atoms with van der Waals surface area (Å²) in [6.07, 6.45) is 3.26. The zero-order valence-corrected chi connectivity index (χ0v) is 15.4. The van der Waals surface area contributed by atoms with Gasteiger partial charge in [-0.15, -0.1) is 0 Å². The second-order valence-electron chi connectivity index (χ2n) is 6.68. The van der Waals surface area contributed by atoms with Crippen LogP contribution in [0.2, 0.25) is 0 Å². The quantitative estimate of drug-likeness (QED) is 0.873. The number of hydrogen-bond acceptors (Lipinski definition) is 3. The Morgan fingerprint density at radius 2 is 1.82 bits per heavy atom. The molecule has 6 heteroatoms. The molecule has 2 aliphatic rings. The number of fused-ring (bicyclic) bond motifs is 1. The third-order valence-corrected chi connectivity index (χ3v) is 4.85. The predicted octanol–water partition coefficient (Wildman–Crippen LogP) is 4.07. The highest BCUT2D eigenvalue weighted by Gasteiger charge is 2.28. The van der Waals surface area contributed by atoms with Crippen LogP contribution in [0.15, 0.2) is 66.0 Å². The summed E-state index contributed by atoms with van der Waals surface area (Å²) in [6.45, 7) is 2.16. The summed E-state index contributed by atoms with van der Waals surface area (Å²) in [7, 11) is 1.59. The Morgan fingerprint density at radius 1 is 1.07 bits per heavy atom. The van der Waals surface area contributed by atoms with Crippen molar-refractivity contribution in [1.82, 2.24) is 10.2 Å². The molecule has 1 amide bonds. The summed E-state index contributed by atoms with van der Waals surface area (Å²) >= 11 is 0. The molecular formula is C22H18F2N2O2. The lowest BCUT2D eigenvalue weighted by atomic mass is 9.96. The number of methoxy groups -OCH3 is 1. The van der Waals surface area contributed by atoms with Crippen LogP contribution in [-0.2, 0) is 4.79 Å². The Morgan fingerprint density at radius 3 is 2.50 bits per heavy atom. The Hall–Kier alpha value is -3.41. The SMILES string of the molecule is COc1ccc(C2=CC(=O)N3CC(C)=C(c4ccc(F)cc4F)C=C3N2)cc1. The number of halogens is 2. The van der Waals surface area contributed by atoms with Gasteiger partial charge in [0.15, 0.2) is 0 Å². The van der Waals surface area contributed by atoms with E-state index in [2.05, 4.69) is 5.32 Å². The molecule has 2 heterocycles. The molecule has 0 bridgehead atoms. The second-order valence-corrected chi connectivity index (χ2v) is 6.68. The Kier molecular flexibility index (Phi) is 4.47. The zero-order valence-electron chi connectivity index (χ0n) is 15.4. The molecule has 0 atom stereocenters. The van der Waals surface area contributed by atoms with Gasteiger partial charge < -0.3 is 10.1 Å². The number of benzene rings is 2. The van der Waals surface area contributed by atoms with Gasteiger partial charge in [0, 0.05) is 24.3 Å². The summed E-state index contributed by atoms with van der Waals surface area (Å²) in [5.74, 6) is -0.137. The van der Waals surface area contributed by atoms with E-state index in [0.29, 0.717) is 29.2 Å². The average molecular weight is 380 g/mol. The van der Waals surface area contributed by atoms with Gasteiger partial charge in [-0.05, 0) is 66.1 Å². The zero-order chi connectivity index (χ0) is 19.8. The molecule has 0 saturated carbocycles. The van der Waals surface area contributed by atoms with Gasteiger partial charge in [0.25, 0.3) is 5.91 Å². The van der Waals surface area contributed by atoms with Crippen LogP contribution >= 0.6 is 0 Å². The molecular weight excluding hydrogens is 362 g/mol. The Bertz CT molecular complexity index is 1050. The van der Waals surface area contributed by atoms with Gasteiger partial charge in [-0.3, -0.25) is 9.69 Å². The van der Waals surface area contributed by atoms with Gasteiger partial charge in [-0.2, -0.15) is 0 Å². The molecule has 2 aromatic carbocycles. The number of nitrogens with one attached hydrogen (secondary N) is 1. The molecule has 4 rings (SSSR count). The van der Waals surface area contributed by atoms with Gasteiger partial charge in [-0.1, -0.05) is 0 Å². The minimum atomic E-state index is -0.632. The summed E-state index contributed by atoms with van der Waals surface area (Å²) in [5.41, 5.74) is 3.25. The Balaban J connectivity index is 1.70. The minimum Gasteiger partial charge on any atom is -0.497 e. The van der Waals surface area contributed by atoms with E-state index >= 15 is 0 Å². The standard InChI is InChI=1S/C22H18F2N2O2/c1-13-12-26-21(10-18(13)17-8-5-15(23)9-19(17)24)25-20(11-22(26)27)14-3-6-16(28-2)7-4-14/h3-11,25H,12H2,1-2H3. The maximum absolute atomic E-state index is 14.3. The molecule has 142 valence electrons. The molecule has 2 aliphatic heterocycles. The van der Waals surface area contributed by atoms with E-state index in [4.69, 9.17) is 4.74 Å². The number of rotatable bonds is 3. The number of carbonyl (C=O) groups is 1. The fraction of sp³-hybridized carbons (Fsp3) is 0.136. The van der Waals surface area contributed by atoms with Crippen LogP contribution in [-0.4, -0.2) is 24.5 Å². The number of hydrogen-bond donors (Lipinski definition) is 1. The van der Waals surface area contributed by atoms with Crippen molar-refractivity contribution in [1.29, 1.82) is 0 Å². The number of ether oxygens (including phenoxy) is 1. The van der Waals surface area contributed by atoms with Crippen molar-refractivity contribution in [2.24, 2.45) is 0 Å². The van der Waals surface area contributed by atoms with Crippen LogP contribution in [0.25, 0.3) is 11.3 Å². The minimum absolute atomic E-state index is 0.159. The van der Waals surface area contributed by atoms with Crippen LogP contribution in [0.4, 0.5) is 8.78 Å². The van der Waals surface area contributed by atoms with Gasteiger partial charge in [0.2, 0.25) is 0 Å². The van der Waals surface area contributed by atoms with Crippen molar-refractivity contribution in [2.45, 2.75) is 6.92 Å². The van der Waals surface area contributed by atoms with Gasteiger partial charge in [-0.25, -0.2) is 8.78 Å². The van der Waals surface area contributed by atoms with Gasteiger partial charge in [0.1, 0.15) is 23.2 Å². The average Bonchev–Trinajstić information content (AvgIpc) is 2.68. The molecule has 2 aromatic rings. The van der Waals surface area contributed by atoms with E-state index in [1.807, 2.05) is 31.2 Å². The van der Waals surface area contributed by atoms with E-state index < -0.39 is 11.6 Å². The van der Waals surface area contributed by atoms with Gasteiger partial charge >= 0.3 is 0 Å². The van der Waals surface area contributed by atoms with E-state index in [0.717, 1.165) is 23.0 Å². The monoisotopic (exact) mass is 380 g/mol. The molecule has 4 nitrogen and oxygen atoms in total. The summed E-state index contributed by atoms with van der Waals surface area (Å²) < 4.78 is 32.7. The molecule has 0 radical (unpaired) electrons. The molecule has 1 N–H and O–H groups in total. The number of nitrogens with zero attached hydrogens (tertiary/aromatic N) is 1. The van der Waals surface area contributed by atoms with E-state index in [1.54, 1.807) is 18.1 Å². The highest BCUT2D eigenvalue weighted by Crippen LogP contribution is 2.32. The number of amides is 1. The highest BCUT2D eigenvalue weighted by atomic mass is 19.1. The lowest BCUT2D eigenvalue weighted by Gasteiger charge is -2.34. The van der Waals surface area contributed by atoms with Crippen molar-refractivity contribution < 1.29 is 18.3 Å². The molecule has 0 aliphatic carbocycles. The molecule has 28 heavy (non-hydrogen) atoms. The van der Waals surface area contributed by atoms with Crippen LogP contribution in [0, 0.1) is 11.6 Å². The lowest BCUT2D eigenvalue weighted by molar-refractivity contribution is -0.124. The van der Waals surface area contributed by atoms with Crippen LogP contribution in [0.5, 0.6) is 5.75 Å². The van der Waals surface area contributed by atoms with Gasteiger partial charge in [0.05, 0.1) is 12.8 Å². The first kappa shape index (κ1) is 18.0.